The van der Waals surface area contributed by atoms with E-state index in [2.05, 4.69) is 31.4 Å². The van der Waals surface area contributed by atoms with Crippen molar-refractivity contribution in [2.24, 2.45) is 11.3 Å². The van der Waals surface area contributed by atoms with Crippen molar-refractivity contribution in [3.8, 4) is 0 Å². The van der Waals surface area contributed by atoms with Crippen LogP contribution in [0.4, 0.5) is 4.79 Å². The molecular formula is C16H25N3O3. The number of carbonyl (C=O) groups is 3. The molecule has 1 spiro atoms. The maximum absolute atomic E-state index is 12.8. The summed E-state index contributed by atoms with van der Waals surface area (Å²) in [6.07, 6.45) is 4.31. The molecule has 1 aliphatic heterocycles. The number of nitrogens with zero attached hydrogens (tertiary/aromatic N) is 1. The molecule has 3 aliphatic rings. The first-order chi connectivity index (χ1) is 10.2. The van der Waals surface area contributed by atoms with Crippen LogP contribution in [0.15, 0.2) is 0 Å². The number of imide groups is 1. The molecule has 2 N–H and O–H groups in total. The molecule has 0 aromatic rings. The lowest BCUT2D eigenvalue weighted by atomic mass is 9.64. The largest absolute Gasteiger partial charge is 0.352 e. The second kappa shape index (κ2) is 4.96. The smallest absolute Gasteiger partial charge is 0.325 e. The molecule has 0 bridgehead atoms. The van der Waals surface area contributed by atoms with Crippen molar-refractivity contribution >= 4 is 17.8 Å². The Kier molecular flexibility index (Phi) is 3.45. The van der Waals surface area contributed by atoms with Crippen molar-refractivity contribution in [2.75, 3.05) is 6.54 Å². The third-order valence-electron chi connectivity index (χ3n) is 4.87. The Balaban J connectivity index is 1.73. The summed E-state index contributed by atoms with van der Waals surface area (Å²) in [6, 6.07) is -0.197. The van der Waals surface area contributed by atoms with Gasteiger partial charge in [-0.15, -0.1) is 0 Å². The Morgan fingerprint density at radius 2 is 2.00 bits per heavy atom. The van der Waals surface area contributed by atoms with Crippen LogP contribution in [0, 0.1) is 11.3 Å². The third-order valence-corrected chi connectivity index (χ3v) is 4.87. The van der Waals surface area contributed by atoms with E-state index in [1.807, 2.05) is 0 Å². The Morgan fingerprint density at radius 1 is 1.32 bits per heavy atom. The minimum absolute atomic E-state index is 0.00683. The van der Waals surface area contributed by atoms with Crippen molar-refractivity contribution in [3.63, 3.8) is 0 Å². The zero-order valence-electron chi connectivity index (χ0n) is 13.6. The highest BCUT2D eigenvalue weighted by Crippen LogP contribution is 2.46. The Morgan fingerprint density at radius 3 is 2.59 bits per heavy atom. The van der Waals surface area contributed by atoms with Crippen molar-refractivity contribution in [3.05, 3.63) is 0 Å². The Hall–Kier alpha value is -1.59. The highest BCUT2D eigenvalue weighted by atomic mass is 16.2. The SMILES string of the molecule is CC1CC(C)(C)CC2(C1)NC(=O)N(CC(=O)NC1CC1)C2=O. The molecule has 1 saturated heterocycles. The number of urea groups is 1. The topological polar surface area (TPSA) is 78.5 Å². The van der Waals surface area contributed by atoms with Gasteiger partial charge in [0.25, 0.3) is 5.91 Å². The normalized spacial score (nSPS) is 34.0. The van der Waals surface area contributed by atoms with E-state index in [9.17, 15) is 14.4 Å². The Labute approximate surface area is 131 Å². The van der Waals surface area contributed by atoms with Crippen molar-refractivity contribution < 1.29 is 14.4 Å². The van der Waals surface area contributed by atoms with E-state index in [0.29, 0.717) is 18.8 Å². The number of hydrogen-bond acceptors (Lipinski definition) is 3. The minimum Gasteiger partial charge on any atom is -0.352 e. The number of carbonyl (C=O) groups excluding carboxylic acids is 3. The van der Waals surface area contributed by atoms with Crippen molar-refractivity contribution in [1.29, 1.82) is 0 Å². The molecule has 6 heteroatoms. The fraction of sp³-hybridized carbons (Fsp3) is 0.812. The van der Waals surface area contributed by atoms with Gasteiger partial charge in [0, 0.05) is 6.04 Å². The molecule has 122 valence electrons. The predicted octanol–water partition coefficient (Wildman–Crippen LogP) is 1.40. The summed E-state index contributed by atoms with van der Waals surface area (Å²) in [5, 5.41) is 5.71. The van der Waals surface area contributed by atoms with Gasteiger partial charge in [0.15, 0.2) is 0 Å². The van der Waals surface area contributed by atoms with Crippen molar-refractivity contribution in [1.82, 2.24) is 15.5 Å². The van der Waals surface area contributed by atoms with E-state index in [0.717, 1.165) is 24.2 Å². The summed E-state index contributed by atoms with van der Waals surface area (Å²) < 4.78 is 0. The van der Waals surface area contributed by atoms with Crippen LogP contribution in [-0.4, -0.2) is 40.9 Å². The van der Waals surface area contributed by atoms with Crippen LogP contribution in [-0.2, 0) is 9.59 Å². The van der Waals surface area contributed by atoms with Crippen molar-refractivity contribution in [2.45, 2.75) is 64.5 Å². The lowest BCUT2D eigenvalue weighted by molar-refractivity contribution is -0.137. The van der Waals surface area contributed by atoms with Crippen LogP contribution in [0.25, 0.3) is 0 Å². The first-order valence-electron chi connectivity index (χ1n) is 8.14. The highest BCUT2D eigenvalue weighted by molar-refractivity contribution is 6.09. The molecule has 6 nitrogen and oxygen atoms in total. The van der Waals surface area contributed by atoms with E-state index in [4.69, 9.17) is 0 Å². The summed E-state index contributed by atoms with van der Waals surface area (Å²) in [5.41, 5.74) is -0.814. The van der Waals surface area contributed by atoms with Gasteiger partial charge in [0.1, 0.15) is 12.1 Å². The maximum Gasteiger partial charge on any atom is 0.325 e. The second-order valence-corrected chi connectivity index (χ2v) is 8.10. The van der Waals surface area contributed by atoms with Gasteiger partial charge in [-0.25, -0.2) is 4.79 Å². The highest BCUT2D eigenvalue weighted by Gasteiger charge is 2.56. The number of hydrogen-bond donors (Lipinski definition) is 2. The molecule has 3 rings (SSSR count). The van der Waals surface area contributed by atoms with E-state index in [-0.39, 0.29) is 29.8 Å². The molecule has 3 fully saturated rings. The molecule has 2 atom stereocenters. The molecule has 0 radical (unpaired) electrons. The standard InChI is InChI=1S/C16H25N3O3/c1-10-6-15(2,3)9-16(7-10)13(21)19(14(22)18-16)8-12(20)17-11-4-5-11/h10-11H,4-9H2,1-3H3,(H,17,20)(H,18,22). The zero-order valence-corrected chi connectivity index (χ0v) is 13.6. The van der Waals surface area contributed by atoms with Crippen LogP contribution >= 0.6 is 0 Å². The van der Waals surface area contributed by atoms with Crippen LogP contribution < -0.4 is 10.6 Å². The fourth-order valence-electron chi connectivity index (χ4n) is 4.29. The van der Waals surface area contributed by atoms with Gasteiger partial charge in [-0.05, 0) is 43.4 Å². The fourth-order valence-corrected chi connectivity index (χ4v) is 4.29. The zero-order chi connectivity index (χ0) is 16.1. The molecule has 2 aliphatic carbocycles. The van der Waals surface area contributed by atoms with Gasteiger partial charge in [0.05, 0.1) is 0 Å². The predicted molar refractivity (Wildman–Crippen MR) is 80.9 cm³/mol. The van der Waals surface area contributed by atoms with Gasteiger partial charge in [0.2, 0.25) is 5.91 Å². The van der Waals surface area contributed by atoms with E-state index >= 15 is 0 Å². The molecule has 22 heavy (non-hydrogen) atoms. The molecule has 0 aromatic heterocycles. The van der Waals surface area contributed by atoms with Gasteiger partial charge < -0.3 is 10.6 Å². The van der Waals surface area contributed by atoms with Gasteiger partial charge in [-0.3, -0.25) is 14.5 Å². The maximum atomic E-state index is 12.8. The molecule has 0 aromatic carbocycles. The molecule has 2 saturated carbocycles. The van der Waals surface area contributed by atoms with Crippen LogP contribution in [0.5, 0.6) is 0 Å². The van der Waals surface area contributed by atoms with Crippen LogP contribution in [0.3, 0.4) is 0 Å². The van der Waals surface area contributed by atoms with E-state index in [1.54, 1.807) is 0 Å². The summed E-state index contributed by atoms with van der Waals surface area (Å²) in [4.78, 5) is 38.1. The molecular weight excluding hydrogens is 282 g/mol. The lowest BCUT2D eigenvalue weighted by Crippen LogP contribution is -2.54. The first-order valence-corrected chi connectivity index (χ1v) is 8.14. The minimum atomic E-state index is -0.821. The van der Waals surface area contributed by atoms with Crippen LogP contribution in [0.2, 0.25) is 0 Å². The summed E-state index contributed by atoms with van der Waals surface area (Å²) >= 11 is 0. The van der Waals surface area contributed by atoms with Crippen LogP contribution in [0.1, 0.15) is 52.9 Å². The van der Waals surface area contributed by atoms with E-state index in [1.165, 1.54) is 0 Å². The first kappa shape index (κ1) is 15.3. The molecule has 1 heterocycles. The summed E-state index contributed by atoms with van der Waals surface area (Å²) in [5.74, 6) is -0.109. The van der Waals surface area contributed by atoms with Gasteiger partial charge in [-0.2, -0.15) is 0 Å². The third kappa shape index (κ3) is 2.83. The van der Waals surface area contributed by atoms with Gasteiger partial charge in [-0.1, -0.05) is 20.8 Å². The number of nitrogens with one attached hydrogen (secondary N) is 2. The Bertz CT molecular complexity index is 527. The molecule has 4 amide bonds. The number of amides is 4. The average molecular weight is 307 g/mol. The number of rotatable bonds is 3. The average Bonchev–Trinajstić information content (AvgIpc) is 3.12. The molecule has 2 unspecified atom stereocenters. The van der Waals surface area contributed by atoms with E-state index < -0.39 is 11.6 Å². The lowest BCUT2D eigenvalue weighted by Gasteiger charge is -2.43. The monoisotopic (exact) mass is 307 g/mol. The second-order valence-electron chi connectivity index (χ2n) is 8.10. The quantitative estimate of drug-likeness (QED) is 0.774. The summed E-state index contributed by atoms with van der Waals surface area (Å²) in [7, 11) is 0. The van der Waals surface area contributed by atoms with Gasteiger partial charge >= 0.3 is 6.03 Å². The summed E-state index contributed by atoms with van der Waals surface area (Å²) in [6.45, 7) is 6.21.